The van der Waals surface area contributed by atoms with Gasteiger partial charge in [-0.3, -0.25) is 24.0 Å². The molecule has 1 atom stereocenters. The normalized spacial score (nSPS) is 20.1. The van der Waals surface area contributed by atoms with Gasteiger partial charge in [0.05, 0.1) is 41.8 Å². The number of hydrogen-bond donors (Lipinski definition) is 2. The van der Waals surface area contributed by atoms with Crippen molar-refractivity contribution < 1.29 is 23.9 Å². The van der Waals surface area contributed by atoms with E-state index in [1.165, 1.54) is 0 Å². The monoisotopic (exact) mass is 613 g/mol. The zero-order valence-corrected chi connectivity index (χ0v) is 25.5. The van der Waals surface area contributed by atoms with Crippen molar-refractivity contribution in [2.75, 3.05) is 43.1 Å². The number of imide groups is 1. The summed E-state index contributed by atoms with van der Waals surface area (Å²) in [6.45, 7) is 5.92. The number of amides is 3. The fraction of sp³-hybridized carbons (Fsp3) is 0.455. The van der Waals surface area contributed by atoms with E-state index in [-0.39, 0.29) is 24.0 Å². The largest absolute Gasteiger partial charge is 0.385 e. The predicted molar refractivity (Wildman–Crippen MR) is 168 cm³/mol. The third-order valence-corrected chi connectivity index (χ3v) is 9.08. The molecule has 1 aromatic carbocycles. The zero-order chi connectivity index (χ0) is 31.5. The molecule has 0 bridgehead atoms. The number of morpholine rings is 1. The number of pyridine rings is 1. The average Bonchev–Trinajstić information content (AvgIpc) is 3.52. The molecule has 3 aromatic rings. The quantitative estimate of drug-likeness (QED) is 0.168. The summed E-state index contributed by atoms with van der Waals surface area (Å²) in [5.41, 5.74) is 9.65. The van der Waals surface area contributed by atoms with E-state index in [4.69, 9.17) is 20.6 Å². The number of nitrogens with zero attached hydrogens (tertiary/aromatic N) is 5. The van der Waals surface area contributed by atoms with Crippen LogP contribution in [0.25, 0.3) is 11.3 Å². The zero-order valence-electron chi connectivity index (χ0n) is 25.5. The maximum atomic E-state index is 13.0. The first-order chi connectivity index (χ1) is 21.8. The molecule has 1 saturated carbocycles. The Morgan fingerprint density at radius 1 is 1.11 bits per heavy atom. The van der Waals surface area contributed by atoms with Crippen LogP contribution in [0.1, 0.15) is 71.0 Å². The summed E-state index contributed by atoms with van der Waals surface area (Å²) in [5.74, 6) is -0.334. The van der Waals surface area contributed by atoms with Crippen molar-refractivity contribution in [3.05, 3.63) is 59.4 Å². The molecular weight excluding hydrogens is 574 g/mol. The molecule has 0 spiro atoms. The van der Waals surface area contributed by atoms with E-state index in [9.17, 15) is 19.2 Å². The molecular formula is C33H39N7O5. The van der Waals surface area contributed by atoms with Gasteiger partial charge in [0.25, 0.3) is 11.8 Å². The third kappa shape index (κ3) is 6.32. The summed E-state index contributed by atoms with van der Waals surface area (Å²) in [4.78, 5) is 56.7. The van der Waals surface area contributed by atoms with Gasteiger partial charge in [0.1, 0.15) is 18.1 Å². The second-order valence-corrected chi connectivity index (χ2v) is 12.1. The number of carbonyl (C=O) groups is 4. The number of ether oxygens (including phenoxy) is 1. The first-order valence-electron chi connectivity index (χ1n) is 15.7. The topological polar surface area (TPSA) is 153 Å². The van der Waals surface area contributed by atoms with Crippen molar-refractivity contribution in [1.82, 2.24) is 19.7 Å². The minimum atomic E-state index is -1.15. The molecule has 45 heavy (non-hydrogen) atoms. The molecule has 1 aliphatic carbocycles. The number of aromatic nitrogens is 3. The van der Waals surface area contributed by atoms with Gasteiger partial charge in [-0.25, -0.2) is 4.98 Å². The molecule has 2 aliphatic heterocycles. The maximum absolute atomic E-state index is 13.0. The van der Waals surface area contributed by atoms with E-state index in [1.807, 2.05) is 13.0 Å². The number of primary amides is 1. The molecule has 6 rings (SSSR count). The molecule has 12 heteroatoms. The Bertz CT molecular complexity index is 1590. The van der Waals surface area contributed by atoms with Gasteiger partial charge in [-0.05, 0) is 75.3 Å². The number of hydrogen-bond acceptors (Lipinski definition) is 9. The molecule has 236 valence electrons. The lowest BCUT2D eigenvalue weighted by Gasteiger charge is -2.35. The first-order valence-corrected chi connectivity index (χ1v) is 15.7. The van der Waals surface area contributed by atoms with Crippen LogP contribution in [0.4, 0.5) is 11.5 Å². The van der Waals surface area contributed by atoms with Crippen LogP contribution in [0.15, 0.2) is 42.6 Å². The Morgan fingerprint density at radius 3 is 2.64 bits per heavy atom. The second kappa shape index (κ2) is 13.2. The summed E-state index contributed by atoms with van der Waals surface area (Å²) >= 11 is 0. The van der Waals surface area contributed by atoms with Crippen molar-refractivity contribution in [1.29, 1.82) is 0 Å². The SMILES string of the molecule is Cc1nn(C2CC(CCCNc3ccc4c(c3)C(=O)N(C(CCC=O)C(N)=O)C4=O)C2)cc1-c1cccc(N2CCOCC2)n1. The summed E-state index contributed by atoms with van der Waals surface area (Å²) in [7, 11) is 0. The Kier molecular flexibility index (Phi) is 8.92. The minimum Gasteiger partial charge on any atom is -0.385 e. The smallest absolute Gasteiger partial charge is 0.262 e. The number of aryl methyl sites for hydroxylation is 1. The molecule has 3 aliphatic rings. The number of anilines is 2. The van der Waals surface area contributed by atoms with Gasteiger partial charge < -0.3 is 25.5 Å². The number of aldehydes is 1. The van der Waals surface area contributed by atoms with Gasteiger partial charge in [0.15, 0.2) is 0 Å². The molecule has 3 amide bonds. The Morgan fingerprint density at radius 2 is 1.89 bits per heavy atom. The van der Waals surface area contributed by atoms with E-state index in [0.29, 0.717) is 18.2 Å². The van der Waals surface area contributed by atoms with Gasteiger partial charge >= 0.3 is 0 Å². The van der Waals surface area contributed by atoms with Gasteiger partial charge in [0, 0.05) is 43.5 Å². The number of rotatable bonds is 13. The number of nitrogens with two attached hydrogens (primary N) is 1. The lowest BCUT2D eigenvalue weighted by molar-refractivity contribution is -0.122. The molecule has 1 saturated heterocycles. The molecule has 12 nitrogen and oxygen atoms in total. The van der Waals surface area contributed by atoms with Crippen molar-refractivity contribution in [3.8, 4) is 11.3 Å². The van der Waals surface area contributed by atoms with Gasteiger partial charge in [-0.15, -0.1) is 0 Å². The summed E-state index contributed by atoms with van der Waals surface area (Å²) in [5, 5.41) is 8.20. The molecule has 1 unspecified atom stereocenters. The van der Waals surface area contributed by atoms with Crippen LogP contribution in [0.5, 0.6) is 0 Å². The van der Waals surface area contributed by atoms with Crippen molar-refractivity contribution in [2.45, 2.75) is 57.5 Å². The first kappa shape index (κ1) is 30.4. The van der Waals surface area contributed by atoms with Crippen LogP contribution in [0, 0.1) is 12.8 Å². The number of benzene rings is 1. The fourth-order valence-electron chi connectivity index (χ4n) is 6.51. The van der Waals surface area contributed by atoms with Gasteiger partial charge in [-0.2, -0.15) is 5.10 Å². The lowest BCUT2D eigenvalue weighted by atomic mass is 9.77. The summed E-state index contributed by atoms with van der Waals surface area (Å²) in [6.07, 6.45) is 7.02. The van der Waals surface area contributed by atoms with Crippen LogP contribution in [0.2, 0.25) is 0 Å². The highest BCUT2D eigenvalue weighted by atomic mass is 16.5. The standard InChI is InChI=1S/C33H39N7O5/c1-21-27(28-6-2-8-30(36-28)38-12-15-45-16-13-38)20-39(37-21)24-17-22(18-24)5-3-11-35-23-9-10-25-26(19-23)33(44)40(32(25)43)29(31(34)42)7-4-14-41/h2,6,8-10,14,19-20,22,24,29,35H,3-5,7,11-13,15-18H2,1H3,(H2,34,42). The average molecular weight is 614 g/mol. The number of fused-ring (bicyclic) bond motifs is 1. The third-order valence-electron chi connectivity index (χ3n) is 9.08. The van der Waals surface area contributed by atoms with Gasteiger partial charge in [-0.1, -0.05) is 6.07 Å². The Balaban J connectivity index is 0.981. The molecule has 3 N–H and O–H groups in total. The van der Waals surface area contributed by atoms with Crippen LogP contribution < -0.4 is 16.0 Å². The molecule has 0 radical (unpaired) electrons. The lowest BCUT2D eigenvalue weighted by Crippen LogP contribution is -2.47. The van der Waals surface area contributed by atoms with E-state index in [0.717, 1.165) is 91.9 Å². The van der Waals surface area contributed by atoms with E-state index >= 15 is 0 Å². The Labute approximate surface area is 261 Å². The van der Waals surface area contributed by atoms with Crippen LogP contribution >= 0.6 is 0 Å². The minimum absolute atomic E-state index is 0.0129. The highest BCUT2D eigenvalue weighted by Crippen LogP contribution is 2.41. The van der Waals surface area contributed by atoms with Crippen LogP contribution in [-0.2, 0) is 14.3 Å². The number of nitrogens with one attached hydrogen (secondary N) is 1. The number of carbonyl (C=O) groups excluding carboxylic acids is 4. The maximum Gasteiger partial charge on any atom is 0.262 e. The fourth-order valence-corrected chi connectivity index (χ4v) is 6.51. The second-order valence-electron chi connectivity index (χ2n) is 12.1. The van der Waals surface area contributed by atoms with E-state index in [2.05, 4.69) is 33.2 Å². The summed E-state index contributed by atoms with van der Waals surface area (Å²) in [6, 6.07) is 10.4. The predicted octanol–water partition coefficient (Wildman–Crippen LogP) is 3.36. The van der Waals surface area contributed by atoms with Crippen molar-refractivity contribution >= 4 is 35.5 Å². The molecule has 4 heterocycles. The molecule has 2 aromatic heterocycles. The van der Waals surface area contributed by atoms with Crippen LogP contribution in [0.3, 0.4) is 0 Å². The van der Waals surface area contributed by atoms with Crippen LogP contribution in [-0.4, -0.2) is 82.6 Å². The summed E-state index contributed by atoms with van der Waals surface area (Å²) < 4.78 is 7.59. The van der Waals surface area contributed by atoms with Gasteiger partial charge in [0.2, 0.25) is 5.91 Å². The van der Waals surface area contributed by atoms with Crippen molar-refractivity contribution in [2.24, 2.45) is 11.7 Å². The Hall–Kier alpha value is -4.58. The highest BCUT2D eigenvalue weighted by Gasteiger charge is 2.42. The highest BCUT2D eigenvalue weighted by molar-refractivity contribution is 6.23. The van der Waals surface area contributed by atoms with E-state index in [1.54, 1.807) is 18.2 Å². The van der Waals surface area contributed by atoms with Crippen molar-refractivity contribution in [3.63, 3.8) is 0 Å². The molecule has 2 fully saturated rings. The van der Waals surface area contributed by atoms with E-state index < -0.39 is 23.8 Å².